The van der Waals surface area contributed by atoms with E-state index >= 15 is 0 Å². The predicted molar refractivity (Wildman–Crippen MR) is 530 cm³/mol. The minimum Gasteiger partial charge on any atom is -0.508 e. The number of benzene rings is 1. The first-order valence-electron chi connectivity index (χ1n) is 52.3. The number of nitrogens with one attached hydrogen (secondary N) is 12. The Balaban J connectivity index is 1.49. The van der Waals surface area contributed by atoms with Crippen molar-refractivity contribution in [3.8, 4) is 5.75 Å². The molecule has 12 amide bonds. The molecule has 2 aliphatic rings. The number of likely N-dealkylation sites (tertiary alicyclic amines) is 1. The lowest BCUT2D eigenvalue weighted by molar-refractivity contribution is -0.271. The summed E-state index contributed by atoms with van der Waals surface area (Å²) in [5.41, 5.74) is 0.855. The van der Waals surface area contributed by atoms with Gasteiger partial charge in [-0.1, -0.05) is 261 Å². The highest BCUT2D eigenvalue weighted by Gasteiger charge is 2.48. The van der Waals surface area contributed by atoms with E-state index in [0.717, 1.165) is 108 Å². The number of aromatic nitrogens is 2. The first-order valence-corrected chi connectivity index (χ1v) is 52.3. The number of amides is 12. The number of aliphatic hydroxyl groups excluding tert-OH is 3. The molecule has 40 heteroatoms. The smallest absolute Gasteiger partial charge is 0.326 e. The number of unbranched alkanes of at least 4 members (excludes halogenated alkanes) is 28. The molecule has 142 heavy (non-hydrogen) atoms. The Morgan fingerprint density at radius 3 is 1.56 bits per heavy atom. The molecule has 1 aromatic heterocycles. The van der Waals surface area contributed by atoms with Crippen molar-refractivity contribution < 1.29 is 127 Å². The Morgan fingerprint density at radius 2 is 1.03 bits per heavy atom. The molecular weight excluding hydrogens is 1840 g/mol. The third-order valence-electron chi connectivity index (χ3n) is 25.8. The minimum absolute atomic E-state index is 0.00819. The van der Waals surface area contributed by atoms with Crippen LogP contribution >= 0.6 is 0 Å². The number of carbonyl (C=O) groups excluding carboxylic acids is 13. The van der Waals surface area contributed by atoms with Crippen molar-refractivity contribution in [3.63, 3.8) is 0 Å². The van der Waals surface area contributed by atoms with E-state index in [-0.39, 0.29) is 76.0 Å². The number of aromatic hydroxyl groups is 1. The van der Waals surface area contributed by atoms with E-state index in [9.17, 15) is 112 Å². The largest absolute Gasteiger partial charge is 0.508 e. The van der Waals surface area contributed by atoms with Gasteiger partial charge in [-0.25, -0.2) is 9.78 Å². The number of rotatable bonds is 78. The highest BCUT2D eigenvalue weighted by Crippen LogP contribution is 2.27. The van der Waals surface area contributed by atoms with Gasteiger partial charge in [-0.3, -0.25) is 71.9 Å². The molecule has 0 bridgehead atoms. The number of carboxylic acids is 3. The fourth-order valence-corrected chi connectivity index (χ4v) is 17.3. The number of carboxylic acid groups (broad SMARTS) is 3. The minimum atomic E-state index is -1.90. The summed E-state index contributed by atoms with van der Waals surface area (Å²) in [7, 11) is 0. The van der Waals surface area contributed by atoms with Crippen molar-refractivity contribution in [1.29, 1.82) is 0 Å². The number of aromatic amines is 1. The summed E-state index contributed by atoms with van der Waals surface area (Å²) < 4.78 is 18.1. The molecule has 2 aromatic rings. The van der Waals surface area contributed by atoms with Gasteiger partial charge < -0.3 is 118 Å². The van der Waals surface area contributed by atoms with Gasteiger partial charge in [-0.2, -0.15) is 0 Å². The van der Waals surface area contributed by atoms with E-state index in [1.54, 1.807) is 27.7 Å². The summed E-state index contributed by atoms with van der Waals surface area (Å²) >= 11 is 0. The summed E-state index contributed by atoms with van der Waals surface area (Å²) in [5, 5.41) is 101. The molecule has 16 atom stereocenters. The zero-order valence-electron chi connectivity index (χ0n) is 85.5. The van der Waals surface area contributed by atoms with Gasteiger partial charge in [0.2, 0.25) is 70.9 Å². The molecular formula is C102H170N14O26. The zero-order valence-corrected chi connectivity index (χ0v) is 85.5. The molecule has 0 aliphatic carbocycles. The Labute approximate surface area is 837 Å². The number of H-pyrrole nitrogens is 1. The number of esters is 1. The topological polar surface area (TPSA) is 607 Å². The van der Waals surface area contributed by atoms with Gasteiger partial charge in [-0.15, -0.1) is 0 Å². The van der Waals surface area contributed by atoms with E-state index in [1.165, 1.54) is 121 Å². The van der Waals surface area contributed by atoms with Crippen molar-refractivity contribution in [2.24, 2.45) is 17.8 Å². The van der Waals surface area contributed by atoms with Crippen molar-refractivity contribution in [2.45, 2.75) is 442 Å². The molecule has 804 valence electrons. The van der Waals surface area contributed by atoms with E-state index in [1.807, 2.05) is 0 Å². The van der Waals surface area contributed by atoms with Gasteiger partial charge in [0.25, 0.3) is 0 Å². The highest BCUT2D eigenvalue weighted by molar-refractivity contribution is 5.99. The SMILES string of the molecule is CCCCCCCCCCCCCC(=O)N[C@@H](CO[C@@H]1O[C@H](CO)[C@@H](O)[C@H](O)[C@H]1NC(=O)CC(CCCCCCCCCCC)OC(=O)CCCCCCCCCCCCC)C(=O)NCCC(=O)N[C@H](CCC(=O)O)C(=O)N[C@H](C(=O)N[C@@H](CC(=O)O)C(=O)N1CCC[C@H]1C(=O)N[C@H](C(=O)NCC(=O)N[C@@H](Cc1cnc[nH]1)C(=O)N[C@@H](CC(C)C)C(=O)N[C@@H](Cc1ccc(O)cc1)C(=O)O)[C@@H](C)CC)C(C)C. The van der Waals surface area contributed by atoms with Gasteiger partial charge >= 0.3 is 23.9 Å². The molecule has 19 N–H and O–H groups in total. The average Bonchev–Trinajstić information content (AvgIpc) is 0.931. The Morgan fingerprint density at radius 1 is 0.500 bits per heavy atom. The number of aliphatic carboxylic acids is 3. The monoisotopic (exact) mass is 2010 g/mol. The fourth-order valence-electron chi connectivity index (χ4n) is 17.3. The standard InChI is InChI=1S/C102H170N14O26/c1-10-14-17-20-23-26-28-31-34-37-40-45-81(119)109-78(64-140-102-90(92(129)91(128)80(63-117)142-102)113-83(121)59-72(43-39-36-33-30-25-22-19-16-12-3)141-87(127)46-41-38-35-32-29-27-24-21-18-15-11-2)93(130)104-54-53-82(120)107-73(51-52-85(123)124)94(131)114-88(67(7)8)99(136)111-76(60-86(125)126)100(137)116-55-42-44-79(116)97(134)115-89(68(9)13-4)98(135)105-62-84(122)108-75(58-70-61-103-65-106-70)96(133)110-74(56-66(5)6)95(132)112-77(101(138)139)57-69-47-49-71(118)50-48-69/h47-50,61,65-68,72-80,88-92,102,117-118,128-129H,10-46,51-60,62-64H2,1-9H3,(H,103,106)(H,104,130)(H,105,135)(H,107,120)(H,108,122)(H,109,119)(H,110,133)(H,111,136)(H,112,132)(H,113,121)(H,114,131)(H,115,134)(H,123,124)(H,125,126)(H,138,139)/t68-,72?,73+,74-,75-,76-,77-,78-,79-,80+,88-,89-,90+,91+,92+,102+/m0/s1. The van der Waals surface area contributed by atoms with Crippen LogP contribution in [0, 0.1) is 17.8 Å². The lowest BCUT2D eigenvalue weighted by atomic mass is 9.96. The molecule has 0 spiro atoms. The van der Waals surface area contributed by atoms with E-state index < -0.39 is 250 Å². The van der Waals surface area contributed by atoms with Gasteiger partial charge in [0.1, 0.15) is 90.6 Å². The van der Waals surface area contributed by atoms with Crippen molar-refractivity contribution >= 4 is 94.8 Å². The van der Waals surface area contributed by atoms with E-state index in [4.69, 9.17) is 14.2 Å². The van der Waals surface area contributed by atoms with E-state index in [0.29, 0.717) is 43.4 Å². The van der Waals surface area contributed by atoms with Gasteiger partial charge in [0, 0.05) is 63.5 Å². The predicted octanol–water partition coefficient (Wildman–Crippen LogP) is 8.13. The number of aliphatic hydroxyl groups is 3. The molecule has 2 aliphatic heterocycles. The molecule has 0 saturated carbocycles. The average molecular weight is 2010 g/mol. The molecule has 1 aromatic carbocycles. The van der Waals surface area contributed by atoms with Crippen molar-refractivity contribution in [2.75, 3.05) is 32.8 Å². The van der Waals surface area contributed by atoms with Crippen LogP contribution in [-0.4, -0.2) is 269 Å². The second-order valence-electron chi connectivity index (χ2n) is 38.9. The van der Waals surface area contributed by atoms with Crippen molar-refractivity contribution in [3.05, 3.63) is 48.0 Å². The van der Waals surface area contributed by atoms with Crippen molar-refractivity contribution in [1.82, 2.24) is 73.4 Å². The quantitative estimate of drug-likeness (QED) is 0.0219. The summed E-state index contributed by atoms with van der Waals surface area (Å²) in [6.07, 6.45) is 24.7. The van der Waals surface area contributed by atoms with Crippen LogP contribution in [0.25, 0.3) is 0 Å². The molecule has 40 nitrogen and oxygen atoms in total. The number of ether oxygens (including phenoxy) is 3. The normalized spacial score (nSPS) is 17.8. The summed E-state index contributed by atoms with van der Waals surface area (Å²) in [6, 6.07) is -9.56. The van der Waals surface area contributed by atoms with Crippen LogP contribution < -0.4 is 58.5 Å². The maximum atomic E-state index is 14.7. The highest BCUT2D eigenvalue weighted by atomic mass is 16.7. The number of nitrogens with zero attached hydrogens (tertiary/aromatic N) is 2. The molecule has 2 saturated heterocycles. The van der Waals surface area contributed by atoms with E-state index in [2.05, 4.69) is 89.2 Å². The molecule has 4 rings (SSSR count). The zero-order chi connectivity index (χ0) is 105. The van der Waals surface area contributed by atoms with Crippen LogP contribution in [0.5, 0.6) is 5.75 Å². The summed E-state index contributed by atoms with van der Waals surface area (Å²) in [4.78, 5) is 229. The first kappa shape index (κ1) is 124. The molecule has 1 unspecified atom stereocenters. The Bertz CT molecular complexity index is 4110. The van der Waals surface area contributed by atoms with Crippen LogP contribution in [0.1, 0.15) is 350 Å². The van der Waals surface area contributed by atoms with Crippen LogP contribution in [0.2, 0.25) is 0 Å². The lowest BCUT2D eigenvalue weighted by Crippen LogP contribution is -2.65. The first-order chi connectivity index (χ1) is 67.9. The second-order valence-corrected chi connectivity index (χ2v) is 38.9. The number of hydrogen-bond donors (Lipinski definition) is 19. The fraction of sp³-hybridized carbons (Fsp3) is 0.755. The van der Waals surface area contributed by atoms with Crippen LogP contribution in [0.3, 0.4) is 0 Å². The number of phenols is 1. The third-order valence-corrected chi connectivity index (χ3v) is 25.8. The van der Waals surface area contributed by atoms with Crippen LogP contribution in [0.4, 0.5) is 0 Å². The van der Waals surface area contributed by atoms with Gasteiger partial charge in [0.05, 0.1) is 38.9 Å². The summed E-state index contributed by atoms with van der Waals surface area (Å²) in [5.74, 6) is -17.3. The molecule has 0 radical (unpaired) electrons. The number of carbonyl (C=O) groups is 16. The molecule has 3 heterocycles. The third kappa shape index (κ3) is 50.2. The Kier molecular flexibility index (Phi) is 62.0. The van der Waals surface area contributed by atoms with Crippen LogP contribution in [-0.2, 0) is 104 Å². The number of phenolic OH excluding ortho intramolecular Hbond substituents is 1. The summed E-state index contributed by atoms with van der Waals surface area (Å²) in [6.45, 7) is 13.4. The van der Waals surface area contributed by atoms with Gasteiger partial charge in [-0.05, 0) is 86.8 Å². The Hall–Kier alpha value is -10.5. The maximum Gasteiger partial charge on any atom is 0.326 e. The second kappa shape index (κ2) is 71.1. The molecule has 2 fully saturated rings. The number of imidazole rings is 1. The van der Waals surface area contributed by atoms with Gasteiger partial charge in [0.15, 0.2) is 6.29 Å². The lowest BCUT2D eigenvalue weighted by Gasteiger charge is -2.42. The van der Waals surface area contributed by atoms with Crippen LogP contribution in [0.15, 0.2) is 36.8 Å². The number of hydrogen-bond acceptors (Lipinski definition) is 24. The maximum absolute atomic E-state index is 14.7.